The smallest absolute Gasteiger partial charge is 0.219 e. The average Bonchev–Trinajstić information content (AvgIpc) is 2.36. The van der Waals surface area contributed by atoms with Crippen molar-refractivity contribution in [3.8, 4) is 11.6 Å². The minimum absolute atomic E-state index is 0.0381. The maximum absolute atomic E-state index is 13.0. The van der Waals surface area contributed by atoms with Gasteiger partial charge in [0.2, 0.25) is 5.88 Å². The molecule has 0 saturated carbocycles. The van der Waals surface area contributed by atoms with Crippen molar-refractivity contribution in [2.24, 2.45) is 0 Å². The van der Waals surface area contributed by atoms with Gasteiger partial charge in [-0.15, -0.1) is 0 Å². The van der Waals surface area contributed by atoms with Crippen LogP contribution in [0.15, 0.2) is 30.3 Å². The topological polar surface area (TPSA) is 42.4 Å². The molecule has 0 radical (unpaired) electrons. The van der Waals surface area contributed by atoms with Crippen molar-refractivity contribution in [2.75, 3.05) is 0 Å². The average molecular weight is 288 g/mol. The van der Waals surface area contributed by atoms with Gasteiger partial charge in [-0.05, 0) is 18.2 Å². The van der Waals surface area contributed by atoms with Crippen molar-refractivity contribution in [3.63, 3.8) is 0 Å². The van der Waals surface area contributed by atoms with Crippen molar-refractivity contribution in [1.29, 1.82) is 0 Å². The Labute approximate surface area is 113 Å². The predicted molar refractivity (Wildman–Crippen MR) is 66.7 cm³/mol. The monoisotopic (exact) mass is 287 g/mol. The van der Waals surface area contributed by atoms with E-state index in [9.17, 15) is 4.39 Å². The molecular weight excluding hydrogens is 280 g/mol. The molecule has 3 nitrogen and oxygen atoms in total. The Hall–Kier alpha value is -1.36. The third kappa shape index (κ3) is 2.90. The fourth-order valence-electron chi connectivity index (χ4n) is 1.29. The van der Waals surface area contributed by atoms with Gasteiger partial charge < -0.3 is 9.84 Å². The summed E-state index contributed by atoms with van der Waals surface area (Å²) in [6.45, 7) is -0.291. The number of aliphatic hydroxyl groups is 1. The molecule has 0 unspecified atom stereocenters. The standard InChI is InChI=1S/C12H8Cl2FNO2/c13-8-2-4-12(16-11(8)6-17)18-7-1-3-10(15)9(14)5-7/h1-5,17H,6H2. The first kappa shape index (κ1) is 13.1. The number of aliphatic hydroxyl groups excluding tert-OH is 1. The number of benzene rings is 1. The highest BCUT2D eigenvalue weighted by Crippen LogP contribution is 2.26. The lowest BCUT2D eigenvalue weighted by atomic mass is 10.3. The van der Waals surface area contributed by atoms with Gasteiger partial charge in [0.05, 0.1) is 22.3 Å². The molecule has 0 aliphatic carbocycles. The van der Waals surface area contributed by atoms with Gasteiger partial charge >= 0.3 is 0 Å². The summed E-state index contributed by atoms with van der Waals surface area (Å²) < 4.78 is 18.3. The normalized spacial score (nSPS) is 10.4. The van der Waals surface area contributed by atoms with Crippen LogP contribution in [0.5, 0.6) is 11.6 Å². The van der Waals surface area contributed by atoms with Gasteiger partial charge in [0.25, 0.3) is 0 Å². The molecule has 0 bridgehead atoms. The molecule has 0 spiro atoms. The minimum Gasteiger partial charge on any atom is -0.439 e. The molecule has 1 aromatic carbocycles. The van der Waals surface area contributed by atoms with E-state index in [-0.39, 0.29) is 17.5 Å². The quantitative estimate of drug-likeness (QED) is 0.933. The second-order valence-electron chi connectivity index (χ2n) is 3.41. The number of rotatable bonds is 3. The zero-order chi connectivity index (χ0) is 13.1. The predicted octanol–water partition coefficient (Wildman–Crippen LogP) is 3.81. The van der Waals surface area contributed by atoms with Crippen LogP contribution in [-0.4, -0.2) is 10.1 Å². The Morgan fingerprint density at radius 1 is 1.17 bits per heavy atom. The zero-order valence-corrected chi connectivity index (χ0v) is 10.5. The second kappa shape index (κ2) is 5.52. The van der Waals surface area contributed by atoms with Crippen LogP contribution < -0.4 is 4.74 Å². The molecular formula is C12H8Cl2FNO2. The van der Waals surface area contributed by atoms with Crippen molar-refractivity contribution in [3.05, 3.63) is 51.9 Å². The van der Waals surface area contributed by atoms with Crippen LogP contribution in [-0.2, 0) is 6.61 Å². The van der Waals surface area contributed by atoms with Gasteiger partial charge in [-0.3, -0.25) is 0 Å². The van der Waals surface area contributed by atoms with E-state index in [4.69, 9.17) is 33.0 Å². The van der Waals surface area contributed by atoms with Gasteiger partial charge in [0, 0.05) is 12.1 Å². The second-order valence-corrected chi connectivity index (χ2v) is 4.23. The highest BCUT2D eigenvalue weighted by atomic mass is 35.5. The van der Waals surface area contributed by atoms with Crippen LogP contribution in [0.4, 0.5) is 4.39 Å². The van der Waals surface area contributed by atoms with Crippen molar-refractivity contribution < 1.29 is 14.2 Å². The number of hydrogen-bond acceptors (Lipinski definition) is 3. The molecule has 2 aromatic rings. The van der Waals surface area contributed by atoms with Gasteiger partial charge in [0.15, 0.2) is 0 Å². The molecule has 0 saturated heterocycles. The van der Waals surface area contributed by atoms with E-state index in [1.54, 1.807) is 12.1 Å². The molecule has 1 N–H and O–H groups in total. The van der Waals surface area contributed by atoms with E-state index in [0.717, 1.165) is 0 Å². The molecule has 2 rings (SSSR count). The lowest BCUT2D eigenvalue weighted by Crippen LogP contribution is -1.94. The minimum atomic E-state index is -0.524. The van der Waals surface area contributed by atoms with Crippen molar-refractivity contribution in [2.45, 2.75) is 6.61 Å². The van der Waals surface area contributed by atoms with E-state index >= 15 is 0 Å². The maximum Gasteiger partial charge on any atom is 0.219 e. The summed E-state index contributed by atoms with van der Waals surface area (Å²) in [6.07, 6.45) is 0. The molecule has 1 aromatic heterocycles. The van der Waals surface area contributed by atoms with E-state index < -0.39 is 5.82 Å². The Bertz CT molecular complexity index is 578. The summed E-state index contributed by atoms with van der Waals surface area (Å²) >= 11 is 11.4. The van der Waals surface area contributed by atoms with Gasteiger partial charge in [-0.2, -0.15) is 0 Å². The van der Waals surface area contributed by atoms with E-state index in [2.05, 4.69) is 4.98 Å². The van der Waals surface area contributed by atoms with Gasteiger partial charge in [0.1, 0.15) is 11.6 Å². The third-order valence-corrected chi connectivity index (χ3v) is 2.79. The largest absolute Gasteiger partial charge is 0.439 e. The van der Waals surface area contributed by atoms with Crippen LogP contribution in [0.2, 0.25) is 10.0 Å². The Morgan fingerprint density at radius 3 is 2.61 bits per heavy atom. The number of hydrogen-bond donors (Lipinski definition) is 1. The molecule has 0 fully saturated rings. The van der Waals surface area contributed by atoms with Gasteiger partial charge in [-0.1, -0.05) is 23.2 Å². The number of halogens is 3. The first-order chi connectivity index (χ1) is 8.60. The fourth-order valence-corrected chi connectivity index (χ4v) is 1.63. The lowest BCUT2D eigenvalue weighted by Gasteiger charge is -2.07. The highest BCUT2D eigenvalue weighted by molar-refractivity contribution is 6.31. The summed E-state index contributed by atoms with van der Waals surface area (Å²) in [6, 6.07) is 7.06. The van der Waals surface area contributed by atoms with Gasteiger partial charge in [-0.25, -0.2) is 9.37 Å². The Balaban J connectivity index is 2.25. The maximum atomic E-state index is 13.0. The van der Waals surface area contributed by atoms with Crippen LogP contribution in [0, 0.1) is 5.82 Å². The molecule has 0 aliphatic rings. The summed E-state index contributed by atoms with van der Waals surface area (Å²) in [4.78, 5) is 4.00. The molecule has 18 heavy (non-hydrogen) atoms. The highest BCUT2D eigenvalue weighted by Gasteiger charge is 2.06. The number of aromatic nitrogens is 1. The fraction of sp³-hybridized carbons (Fsp3) is 0.0833. The molecule has 94 valence electrons. The summed E-state index contributed by atoms with van der Waals surface area (Å²) in [7, 11) is 0. The van der Waals surface area contributed by atoms with Crippen molar-refractivity contribution >= 4 is 23.2 Å². The molecule has 0 atom stereocenters. The van der Waals surface area contributed by atoms with Crippen molar-refractivity contribution in [1.82, 2.24) is 4.98 Å². The number of nitrogens with zero attached hydrogens (tertiary/aromatic N) is 1. The number of ether oxygens (including phenoxy) is 1. The summed E-state index contributed by atoms with van der Waals surface area (Å²) in [5.41, 5.74) is 0.308. The lowest BCUT2D eigenvalue weighted by molar-refractivity contribution is 0.275. The molecule has 1 heterocycles. The molecule has 0 amide bonds. The zero-order valence-electron chi connectivity index (χ0n) is 9.03. The van der Waals surface area contributed by atoms with E-state index in [1.165, 1.54) is 18.2 Å². The first-order valence-electron chi connectivity index (χ1n) is 4.99. The Kier molecular flexibility index (Phi) is 4.01. The first-order valence-corrected chi connectivity index (χ1v) is 5.75. The van der Waals surface area contributed by atoms with Crippen LogP contribution in [0.3, 0.4) is 0 Å². The van der Waals surface area contributed by atoms with Crippen LogP contribution >= 0.6 is 23.2 Å². The third-order valence-electron chi connectivity index (χ3n) is 2.16. The summed E-state index contributed by atoms with van der Waals surface area (Å²) in [5, 5.41) is 9.33. The molecule has 0 aliphatic heterocycles. The van der Waals surface area contributed by atoms with Crippen LogP contribution in [0.25, 0.3) is 0 Å². The van der Waals surface area contributed by atoms with Crippen LogP contribution in [0.1, 0.15) is 5.69 Å². The number of pyridine rings is 1. The van der Waals surface area contributed by atoms with E-state index in [1.807, 2.05) is 0 Å². The SMILES string of the molecule is OCc1nc(Oc2ccc(F)c(Cl)c2)ccc1Cl. The summed E-state index contributed by atoms with van der Waals surface area (Å²) in [5.74, 6) is 0.0652. The van der Waals surface area contributed by atoms with E-state index in [0.29, 0.717) is 16.5 Å². The Morgan fingerprint density at radius 2 is 1.94 bits per heavy atom. The molecule has 6 heteroatoms.